The first-order valence-electron chi connectivity index (χ1n) is 7.72. The summed E-state index contributed by atoms with van der Waals surface area (Å²) in [7, 11) is 0. The lowest BCUT2D eigenvalue weighted by Gasteiger charge is -2.19. The van der Waals surface area contributed by atoms with Gasteiger partial charge in [-0.05, 0) is 46.9 Å². The van der Waals surface area contributed by atoms with Gasteiger partial charge in [0.05, 0.1) is 0 Å². The van der Waals surface area contributed by atoms with Crippen LogP contribution in [0, 0.1) is 5.82 Å². The van der Waals surface area contributed by atoms with Crippen LogP contribution in [0.3, 0.4) is 0 Å². The second-order valence-electron chi connectivity index (χ2n) is 6.72. The van der Waals surface area contributed by atoms with Crippen molar-refractivity contribution in [1.82, 2.24) is 0 Å². The van der Waals surface area contributed by atoms with Crippen molar-refractivity contribution in [3.8, 4) is 0 Å². The molecule has 3 rings (SSSR count). The highest BCUT2D eigenvalue weighted by atomic mass is 19.1. The van der Waals surface area contributed by atoms with Gasteiger partial charge in [0.1, 0.15) is 5.82 Å². The zero-order chi connectivity index (χ0) is 17.3. The molecule has 1 aliphatic rings. The van der Waals surface area contributed by atoms with Crippen LogP contribution in [-0.4, -0.2) is 11.9 Å². The Morgan fingerprint density at radius 1 is 1.08 bits per heavy atom. The molecule has 1 aliphatic heterocycles. The first-order chi connectivity index (χ1) is 11.3. The average molecular weight is 323 g/mol. The molecule has 122 valence electrons. The number of aliphatic imine (C=N–C) groups is 1. The van der Waals surface area contributed by atoms with Gasteiger partial charge in [-0.3, -0.25) is 0 Å². The SMILES string of the molecule is CC(C)(C)c1cccc(C2=N/C(=C\c3ccc(F)cc3)C(=O)O2)c1. The molecule has 4 heteroatoms. The van der Waals surface area contributed by atoms with Crippen molar-refractivity contribution in [3.05, 3.63) is 76.7 Å². The van der Waals surface area contributed by atoms with Crippen molar-refractivity contribution >= 4 is 17.9 Å². The smallest absolute Gasteiger partial charge is 0.363 e. The molecule has 0 saturated heterocycles. The van der Waals surface area contributed by atoms with Crippen LogP contribution in [0.5, 0.6) is 0 Å². The lowest BCUT2D eigenvalue weighted by atomic mass is 9.86. The molecule has 0 atom stereocenters. The fraction of sp³-hybridized carbons (Fsp3) is 0.200. The van der Waals surface area contributed by atoms with Gasteiger partial charge >= 0.3 is 5.97 Å². The summed E-state index contributed by atoms with van der Waals surface area (Å²) < 4.78 is 18.2. The van der Waals surface area contributed by atoms with Crippen LogP contribution in [0.2, 0.25) is 0 Å². The zero-order valence-electron chi connectivity index (χ0n) is 13.8. The van der Waals surface area contributed by atoms with Crippen LogP contribution < -0.4 is 0 Å². The Kier molecular flexibility index (Phi) is 4.06. The van der Waals surface area contributed by atoms with Crippen LogP contribution in [0.4, 0.5) is 4.39 Å². The molecule has 0 radical (unpaired) electrons. The predicted molar refractivity (Wildman–Crippen MR) is 92.1 cm³/mol. The van der Waals surface area contributed by atoms with Crippen LogP contribution in [0.25, 0.3) is 6.08 Å². The second kappa shape index (κ2) is 6.04. The summed E-state index contributed by atoms with van der Waals surface area (Å²) >= 11 is 0. The van der Waals surface area contributed by atoms with Crippen molar-refractivity contribution in [3.63, 3.8) is 0 Å². The minimum Gasteiger partial charge on any atom is -0.402 e. The van der Waals surface area contributed by atoms with Crippen molar-refractivity contribution in [2.45, 2.75) is 26.2 Å². The monoisotopic (exact) mass is 323 g/mol. The number of benzene rings is 2. The van der Waals surface area contributed by atoms with E-state index in [4.69, 9.17) is 4.74 Å². The number of cyclic esters (lactones) is 1. The summed E-state index contributed by atoms with van der Waals surface area (Å²) in [6, 6.07) is 13.7. The van der Waals surface area contributed by atoms with Crippen LogP contribution in [0.15, 0.2) is 59.2 Å². The Labute approximate surface area is 140 Å². The van der Waals surface area contributed by atoms with Gasteiger partial charge < -0.3 is 4.74 Å². The third-order valence-corrected chi connectivity index (χ3v) is 3.77. The van der Waals surface area contributed by atoms with E-state index in [-0.39, 0.29) is 16.9 Å². The maximum absolute atomic E-state index is 13.0. The summed E-state index contributed by atoms with van der Waals surface area (Å²) in [5.41, 5.74) is 2.79. The van der Waals surface area contributed by atoms with E-state index >= 15 is 0 Å². The van der Waals surface area contributed by atoms with Gasteiger partial charge in [-0.2, -0.15) is 0 Å². The minimum absolute atomic E-state index is 0.00797. The van der Waals surface area contributed by atoms with Gasteiger partial charge in [0, 0.05) is 5.56 Å². The van der Waals surface area contributed by atoms with E-state index in [0.29, 0.717) is 11.5 Å². The molecule has 24 heavy (non-hydrogen) atoms. The fourth-order valence-corrected chi connectivity index (χ4v) is 2.37. The van der Waals surface area contributed by atoms with E-state index in [2.05, 4.69) is 25.8 Å². The van der Waals surface area contributed by atoms with Gasteiger partial charge in [-0.15, -0.1) is 0 Å². The summed E-state index contributed by atoms with van der Waals surface area (Å²) in [6.07, 6.45) is 1.59. The summed E-state index contributed by atoms with van der Waals surface area (Å²) in [4.78, 5) is 16.3. The molecule has 0 saturated carbocycles. The molecule has 1 heterocycles. The minimum atomic E-state index is -0.504. The Balaban J connectivity index is 1.93. The highest BCUT2D eigenvalue weighted by Crippen LogP contribution is 2.25. The Hall–Kier alpha value is -2.75. The van der Waals surface area contributed by atoms with Gasteiger partial charge in [-0.25, -0.2) is 14.2 Å². The number of halogens is 1. The first kappa shape index (κ1) is 16.1. The number of carbonyl (C=O) groups excluding carboxylic acids is 1. The van der Waals surface area contributed by atoms with Crippen molar-refractivity contribution in [1.29, 1.82) is 0 Å². The quantitative estimate of drug-likeness (QED) is 0.604. The van der Waals surface area contributed by atoms with E-state index < -0.39 is 5.97 Å². The average Bonchev–Trinajstić information content (AvgIpc) is 2.90. The third-order valence-electron chi connectivity index (χ3n) is 3.77. The Morgan fingerprint density at radius 3 is 2.46 bits per heavy atom. The number of rotatable bonds is 2. The normalized spacial score (nSPS) is 16.2. The van der Waals surface area contributed by atoms with E-state index in [0.717, 1.165) is 11.1 Å². The molecule has 0 unspecified atom stereocenters. The molecular formula is C20H18FNO2. The second-order valence-corrected chi connectivity index (χ2v) is 6.72. The highest BCUT2D eigenvalue weighted by Gasteiger charge is 2.25. The largest absolute Gasteiger partial charge is 0.402 e. The Bertz CT molecular complexity index is 843. The standard InChI is InChI=1S/C20H18FNO2/c1-20(2,3)15-6-4-5-14(12-15)18-22-17(19(23)24-18)11-13-7-9-16(21)10-8-13/h4-12H,1-3H3/b17-11-. The molecule has 0 N–H and O–H groups in total. The van der Waals surface area contributed by atoms with Gasteiger partial charge in [0.2, 0.25) is 5.90 Å². The number of carbonyl (C=O) groups is 1. The fourth-order valence-electron chi connectivity index (χ4n) is 2.37. The van der Waals surface area contributed by atoms with E-state index in [1.807, 2.05) is 24.3 Å². The van der Waals surface area contributed by atoms with Crippen molar-refractivity contribution in [2.24, 2.45) is 4.99 Å². The molecule has 2 aromatic rings. The maximum Gasteiger partial charge on any atom is 0.363 e. The zero-order valence-corrected chi connectivity index (χ0v) is 13.8. The summed E-state index contributed by atoms with van der Waals surface area (Å²) in [5.74, 6) is -0.538. The molecule has 3 nitrogen and oxygen atoms in total. The maximum atomic E-state index is 13.0. The Morgan fingerprint density at radius 2 is 1.79 bits per heavy atom. The molecule has 0 amide bonds. The molecular weight excluding hydrogens is 305 g/mol. The lowest BCUT2D eigenvalue weighted by Crippen LogP contribution is -2.13. The summed E-state index contributed by atoms with van der Waals surface area (Å²) in [5, 5.41) is 0. The number of esters is 1. The lowest BCUT2D eigenvalue weighted by molar-refractivity contribution is -0.129. The third kappa shape index (κ3) is 3.43. The van der Waals surface area contributed by atoms with E-state index in [1.165, 1.54) is 12.1 Å². The number of hydrogen-bond donors (Lipinski definition) is 0. The molecule has 0 aromatic heterocycles. The molecule has 0 bridgehead atoms. The molecule has 2 aromatic carbocycles. The van der Waals surface area contributed by atoms with E-state index in [9.17, 15) is 9.18 Å². The van der Waals surface area contributed by atoms with Crippen LogP contribution in [0.1, 0.15) is 37.5 Å². The van der Waals surface area contributed by atoms with E-state index in [1.54, 1.807) is 18.2 Å². The first-order valence-corrected chi connectivity index (χ1v) is 7.72. The van der Waals surface area contributed by atoms with Crippen molar-refractivity contribution in [2.75, 3.05) is 0 Å². The van der Waals surface area contributed by atoms with Crippen LogP contribution in [-0.2, 0) is 14.9 Å². The molecule has 0 spiro atoms. The van der Waals surface area contributed by atoms with Gasteiger partial charge in [-0.1, -0.05) is 45.0 Å². The number of ether oxygens (including phenoxy) is 1. The van der Waals surface area contributed by atoms with Gasteiger partial charge in [0.25, 0.3) is 0 Å². The predicted octanol–water partition coefficient (Wildman–Crippen LogP) is 4.47. The molecule has 0 aliphatic carbocycles. The highest BCUT2D eigenvalue weighted by molar-refractivity contribution is 6.12. The number of hydrogen-bond acceptors (Lipinski definition) is 3. The summed E-state index contributed by atoms with van der Waals surface area (Å²) in [6.45, 7) is 6.36. The van der Waals surface area contributed by atoms with Gasteiger partial charge in [0.15, 0.2) is 5.70 Å². The number of nitrogens with zero attached hydrogens (tertiary/aromatic N) is 1. The molecule has 0 fully saturated rings. The topological polar surface area (TPSA) is 38.7 Å². The van der Waals surface area contributed by atoms with Crippen molar-refractivity contribution < 1.29 is 13.9 Å². The van der Waals surface area contributed by atoms with Crippen LogP contribution >= 0.6 is 0 Å².